The number of fused-ring (bicyclic) bond motifs is 1. The van der Waals surface area contributed by atoms with E-state index in [9.17, 15) is 9.50 Å². The summed E-state index contributed by atoms with van der Waals surface area (Å²) >= 11 is 0. The Bertz CT molecular complexity index is 831. The summed E-state index contributed by atoms with van der Waals surface area (Å²) in [6.45, 7) is 3.25. The highest BCUT2D eigenvalue weighted by atomic mass is 19.1. The van der Waals surface area contributed by atoms with Gasteiger partial charge in [-0.3, -0.25) is 0 Å². The molecular weight excluding hydrogens is 317 g/mol. The van der Waals surface area contributed by atoms with Crippen LogP contribution in [0.5, 0.6) is 5.75 Å². The highest BCUT2D eigenvalue weighted by molar-refractivity contribution is 5.87. The maximum Gasteiger partial charge on any atom is 0.124 e. The molecule has 0 aromatic heterocycles. The zero-order valence-corrected chi connectivity index (χ0v) is 14.2. The zero-order valence-electron chi connectivity index (χ0n) is 14.2. The molecule has 0 unspecified atom stereocenters. The summed E-state index contributed by atoms with van der Waals surface area (Å²) in [4.78, 5) is 0. The van der Waals surface area contributed by atoms with Gasteiger partial charge in [0.25, 0.3) is 0 Å². The Balaban J connectivity index is 1.83. The minimum atomic E-state index is -0.404. The first-order chi connectivity index (χ1) is 12.1. The summed E-state index contributed by atoms with van der Waals surface area (Å²) in [5.74, 6) is 0.540. The second-order valence-electron chi connectivity index (χ2n) is 6.16. The summed E-state index contributed by atoms with van der Waals surface area (Å²) in [6.07, 6.45) is -0.404. The lowest BCUT2D eigenvalue weighted by atomic mass is 10.0. The Morgan fingerprint density at radius 2 is 1.80 bits per heavy atom. The molecule has 0 aliphatic rings. The molecule has 0 aliphatic heterocycles. The number of rotatable bonds is 7. The van der Waals surface area contributed by atoms with Crippen LogP contribution in [0.15, 0.2) is 60.7 Å². The standard InChI is InChI=1S/C21H22FNO2/c1-15(24)12-23-13-20-19-5-3-2-4-17(19)8-11-21(20)25-14-16-6-9-18(22)10-7-16/h2-11,15,23-24H,12-14H2,1H3/t15-/m1/s1. The maximum absolute atomic E-state index is 13.0. The van der Waals surface area contributed by atoms with E-state index >= 15 is 0 Å². The highest BCUT2D eigenvalue weighted by Crippen LogP contribution is 2.28. The number of aliphatic hydroxyl groups excluding tert-OH is 1. The van der Waals surface area contributed by atoms with Crippen molar-refractivity contribution in [3.8, 4) is 5.75 Å². The van der Waals surface area contributed by atoms with Gasteiger partial charge in [-0.2, -0.15) is 0 Å². The lowest BCUT2D eigenvalue weighted by Gasteiger charge is -2.16. The van der Waals surface area contributed by atoms with E-state index in [4.69, 9.17) is 4.74 Å². The molecule has 0 heterocycles. The predicted molar refractivity (Wildman–Crippen MR) is 98.1 cm³/mol. The maximum atomic E-state index is 13.0. The summed E-state index contributed by atoms with van der Waals surface area (Å²) < 4.78 is 19.0. The smallest absolute Gasteiger partial charge is 0.124 e. The van der Waals surface area contributed by atoms with Gasteiger partial charge >= 0.3 is 0 Å². The fourth-order valence-corrected chi connectivity index (χ4v) is 2.78. The van der Waals surface area contributed by atoms with Gasteiger partial charge in [0.1, 0.15) is 18.2 Å². The molecule has 0 spiro atoms. The molecule has 3 aromatic rings. The van der Waals surface area contributed by atoms with Gasteiger partial charge in [0, 0.05) is 18.7 Å². The average molecular weight is 339 g/mol. The third-order valence-corrected chi connectivity index (χ3v) is 4.05. The van der Waals surface area contributed by atoms with Gasteiger partial charge in [-0.15, -0.1) is 0 Å². The first-order valence-electron chi connectivity index (χ1n) is 8.40. The normalized spacial score (nSPS) is 12.3. The average Bonchev–Trinajstić information content (AvgIpc) is 2.62. The van der Waals surface area contributed by atoms with Crippen molar-refractivity contribution >= 4 is 10.8 Å². The fraction of sp³-hybridized carbons (Fsp3) is 0.238. The predicted octanol–water partition coefficient (Wildman–Crippen LogP) is 4.03. The van der Waals surface area contributed by atoms with Crippen LogP contribution in [0.25, 0.3) is 10.8 Å². The zero-order chi connectivity index (χ0) is 17.6. The Kier molecular flexibility index (Phi) is 5.64. The van der Waals surface area contributed by atoms with E-state index in [2.05, 4.69) is 17.4 Å². The molecule has 1 atom stereocenters. The number of benzene rings is 3. The molecule has 3 aromatic carbocycles. The molecule has 0 amide bonds. The summed E-state index contributed by atoms with van der Waals surface area (Å²) in [5, 5.41) is 15.0. The SMILES string of the molecule is C[C@@H](O)CNCc1c(OCc2ccc(F)cc2)ccc2ccccc12. The van der Waals surface area contributed by atoms with Crippen molar-refractivity contribution in [2.75, 3.05) is 6.54 Å². The van der Waals surface area contributed by atoms with Crippen LogP contribution >= 0.6 is 0 Å². The van der Waals surface area contributed by atoms with Gasteiger partial charge in [0.15, 0.2) is 0 Å². The first-order valence-corrected chi connectivity index (χ1v) is 8.40. The van der Waals surface area contributed by atoms with E-state index in [-0.39, 0.29) is 5.82 Å². The lowest BCUT2D eigenvalue weighted by Crippen LogP contribution is -2.24. The number of hydrogen-bond acceptors (Lipinski definition) is 3. The van der Waals surface area contributed by atoms with Gasteiger partial charge in [-0.05, 0) is 41.5 Å². The quantitative estimate of drug-likeness (QED) is 0.683. The number of hydrogen-bond donors (Lipinski definition) is 2. The van der Waals surface area contributed by atoms with E-state index in [1.54, 1.807) is 19.1 Å². The molecule has 0 aliphatic carbocycles. The largest absolute Gasteiger partial charge is 0.489 e. The third kappa shape index (κ3) is 4.56. The van der Waals surface area contributed by atoms with E-state index in [0.29, 0.717) is 19.7 Å². The fourth-order valence-electron chi connectivity index (χ4n) is 2.78. The van der Waals surface area contributed by atoms with Crippen molar-refractivity contribution in [3.05, 3.63) is 77.6 Å². The summed E-state index contributed by atoms with van der Waals surface area (Å²) in [6, 6.07) is 18.5. The molecule has 0 radical (unpaired) electrons. The van der Waals surface area contributed by atoms with E-state index in [0.717, 1.165) is 27.6 Å². The highest BCUT2D eigenvalue weighted by Gasteiger charge is 2.09. The summed E-state index contributed by atoms with van der Waals surface area (Å²) in [7, 11) is 0. The minimum Gasteiger partial charge on any atom is -0.489 e. The Hall–Kier alpha value is -2.43. The minimum absolute atomic E-state index is 0.252. The van der Waals surface area contributed by atoms with Crippen LogP contribution in [-0.4, -0.2) is 17.8 Å². The Labute approximate surface area is 147 Å². The summed E-state index contributed by atoms with van der Waals surface area (Å²) in [5.41, 5.74) is 1.97. The lowest BCUT2D eigenvalue weighted by molar-refractivity contribution is 0.190. The van der Waals surface area contributed by atoms with Crippen molar-refractivity contribution in [2.24, 2.45) is 0 Å². The van der Waals surface area contributed by atoms with Crippen molar-refractivity contribution < 1.29 is 14.2 Å². The molecule has 130 valence electrons. The van der Waals surface area contributed by atoms with Crippen molar-refractivity contribution in [1.29, 1.82) is 0 Å². The molecule has 25 heavy (non-hydrogen) atoms. The van der Waals surface area contributed by atoms with Gasteiger partial charge in [-0.1, -0.05) is 42.5 Å². The number of aliphatic hydroxyl groups is 1. The van der Waals surface area contributed by atoms with Crippen LogP contribution in [0.4, 0.5) is 4.39 Å². The third-order valence-electron chi connectivity index (χ3n) is 4.05. The van der Waals surface area contributed by atoms with Gasteiger partial charge in [0.05, 0.1) is 6.10 Å². The van der Waals surface area contributed by atoms with Crippen molar-refractivity contribution in [1.82, 2.24) is 5.32 Å². The van der Waals surface area contributed by atoms with Crippen LogP contribution in [0.2, 0.25) is 0 Å². The van der Waals surface area contributed by atoms with E-state index < -0.39 is 6.10 Å². The number of nitrogens with one attached hydrogen (secondary N) is 1. The topological polar surface area (TPSA) is 41.5 Å². The molecular formula is C21H22FNO2. The first kappa shape index (κ1) is 17.4. The molecule has 0 bridgehead atoms. The van der Waals surface area contributed by atoms with Gasteiger partial charge < -0.3 is 15.2 Å². The van der Waals surface area contributed by atoms with E-state index in [1.807, 2.05) is 24.3 Å². The van der Waals surface area contributed by atoms with Crippen LogP contribution in [0.1, 0.15) is 18.1 Å². The number of ether oxygens (including phenoxy) is 1. The van der Waals surface area contributed by atoms with Gasteiger partial charge in [-0.25, -0.2) is 4.39 Å². The van der Waals surface area contributed by atoms with Crippen LogP contribution in [0.3, 0.4) is 0 Å². The molecule has 3 rings (SSSR count). The van der Waals surface area contributed by atoms with Crippen LogP contribution in [0, 0.1) is 5.82 Å². The molecule has 0 saturated heterocycles. The monoisotopic (exact) mass is 339 g/mol. The van der Waals surface area contributed by atoms with Crippen LogP contribution < -0.4 is 10.1 Å². The molecule has 0 saturated carbocycles. The molecule has 0 fully saturated rings. The second-order valence-corrected chi connectivity index (χ2v) is 6.16. The molecule has 3 nitrogen and oxygen atoms in total. The Morgan fingerprint density at radius 1 is 1.04 bits per heavy atom. The van der Waals surface area contributed by atoms with Crippen molar-refractivity contribution in [3.63, 3.8) is 0 Å². The molecule has 4 heteroatoms. The second kappa shape index (κ2) is 8.10. The molecule has 2 N–H and O–H groups in total. The van der Waals surface area contributed by atoms with E-state index in [1.165, 1.54) is 12.1 Å². The Morgan fingerprint density at radius 3 is 2.56 bits per heavy atom. The van der Waals surface area contributed by atoms with Gasteiger partial charge in [0.2, 0.25) is 0 Å². The van der Waals surface area contributed by atoms with Crippen LogP contribution in [-0.2, 0) is 13.2 Å². The van der Waals surface area contributed by atoms with Crippen molar-refractivity contribution in [2.45, 2.75) is 26.2 Å². The number of halogens is 1.